The van der Waals surface area contributed by atoms with Crippen LogP contribution in [0.4, 0.5) is 0 Å². The van der Waals surface area contributed by atoms with Crippen molar-refractivity contribution in [2.45, 2.75) is 63.5 Å². The molecule has 1 unspecified atom stereocenters. The first-order valence-electron chi connectivity index (χ1n) is 11.9. The highest BCUT2D eigenvalue weighted by atomic mass is 35.5. The molecule has 1 atom stereocenters. The number of sulfone groups is 1. The number of hydrogen-bond donors (Lipinski definition) is 0. The van der Waals surface area contributed by atoms with Crippen LogP contribution in [0.15, 0.2) is 24.3 Å². The summed E-state index contributed by atoms with van der Waals surface area (Å²) >= 11 is 5.93. The summed E-state index contributed by atoms with van der Waals surface area (Å²) in [5, 5.41) is 0.618. The molecule has 1 aromatic carbocycles. The normalized spacial score (nSPS) is 25.0. The molecule has 0 aromatic heterocycles. The Morgan fingerprint density at radius 2 is 1.59 bits per heavy atom. The third-order valence-electron chi connectivity index (χ3n) is 7.30. The molecule has 0 bridgehead atoms. The van der Waals surface area contributed by atoms with E-state index < -0.39 is 9.84 Å². The van der Waals surface area contributed by atoms with E-state index in [4.69, 9.17) is 11.6 Å². The molecule has 4 rings (SSSR count). The quantitative estimate of drug-likeness (QED) is 0.582. The third kappa shape index (κ3) is 5.72. The number of piperidine rings is 1. The number of Topliss-reactive ketones (excluding diaryl/α,β-unsaturated/α-hetero) is 1. The Bertz CT molecular complexity index is 920. The van der Waals surface area contributed by atoms with Gasteiger partial charge in [-0.15, -0.1) is 0 Å². The van der Waals surface area contributed by atoms with Gasteiger partial charge in [0.05, 0.1) is 18.1 Å². The van der Waals surface area contributed by atoms with Gasteiger partial charge in [-0.1, -0.05) is 30.9 Å². The Balaban J connectivity index is 1.35. The molecule has 32 heavy (non-hydrogen) atoms. The Morgan fingerprint density at radius 1 is 0.938 bits per heavy atom. The molecular formula is C24H33ClN2O4S. The molecule has 0 N–H and O–H groups in total. The fraction of sp³-hybridized carbons (Fsp3) is 0.667. The smallest absolute Gasteiger partial charge is 0.237 e. The van der Waals surface area contributed by atoms with Crippen molar-refractivity contribution in [3.05, 3.63) is 34.9 Å². The lowest BCUT2D eigenvalue weighted by Gasteiger charge is -2.40. The predicted octanol–water partition coefficient (Wildman–Crippen LogP) is 3.58. The van der Waals surface area contributed by atoms with Crippen LogP contribution in [0, 0.1) is 5.92 Å². The summed E-state index contributed by atoms with van der Waals surface area (Å²) in [4.78, 5) is 30.3. The van der Waals surface area contributed by atoms with Crippen LogP contribution in [-0.4, -0.2) is 73.1 Å². The third-order valence-corrected chi connectivity index (χ3v) is 9.31. The molecule has 1 amide bonds. The zero-order valence-corrected chi connectivity index (χ0v) is 20.1. The van der Waals surface area contributed by atoms with E-state index in [1.54, 1.807) is 24.3 Å². The molecule has 2 heterocycles. The van der Waals surface area contributed by atoms with Crippen LogP contribution in [0.1, 0.15) is 61.7 Å². The average Bonchev–Trinajstić information content (AvgIpc) is 3.14. The van der Waals surface area contributed by atoms with E-state index in [0.717, 1.165) is 38.5 Å². The van der Waals surface area contributed by atoms with Gasteiger partial charge in [0.2, 0.25) is 5.91 Å². The molecule has 3 fully saturated rings. The number of nitrogens with zero attached hydrogens (tertiary/aromatic N) is 2. The first kappa shape index (κ1) is 23.7. The molecule has 0 spiro atoms. The number of ketones is 1. The molecule has 6 nitrogen and oxygen atoms in total. The monoisotopic (exact) mass is 480 g/mol. The molecule has 1 aromatic rings. The molecule has 8 heteroatoms. The molecule has 176 valence electrons. The fourth-order valence-electron chi connectivity index (χ4n) is 5.54. The van der Waals surface area contributed by atoms with Crippen molar-refractivity contribution in [2.75, 3.05) is 31.1 Å². The van der Waals surface area contributed by atoms with Crippen molar-refractivity contribution in [1.29, 1.82) is 0 Å². The summed E-state index contributed by atoms with van der Waals surface area (Å²) in [7, 11) is -3.04. The van der Waals surface area contributed by atoms with Crippen LogP contribution in [-0.2, 0) is 14.6 Å². The Morgan fingerprint density at radius 3 is 2.19 bits per heavy atom. The number of halogens is 1. The maximum absolute atomic E-state index is 13.4. The van der Waals surface area contributed by atoms with Gasteiger partial charge in [0.15, 0.2) is 15.6 Å². The summed E-state index contributed by atoms with van der Waals surface area (Å²) in [6.07, 6.45) is 7.36. The SMILES string of the molecule is O=C(c1ccc(Cl)cc1)C1CCN(CC(=O)N(C2CCCCC2)C2CCS(=O)(=O)C2)CC1. The van der Waals surface area contributed by atoms with Gasteiger partial charge in [-0.2, -0.15) is 0 Å². The highest BCUT2D eigenvalue weighted by Crippen LogP contribution is 2.29. The van der Waals surface area contributed by atoms with Crippen molar-refractivity contribution in [1.82, 2.24) is 9.80 Å². The first-order valence-corrected chi connectivity index (χ1v) is 14.1. The summed E-state index contributed by atoms with van der Waals surface area (Å²) in [6, 6.07) is 7.02. The van der Waals surface area contributed by atoms with E-state index in [9.17, 15) is 18.0 Å². The zero-order valence-electron chi connectivity index (χ0n) is 18.5. The van der Waals surface area contributed by atoms with E-state index in [-0.39, 0.29) is 41.2 Å². The standard InChI is InChI=1S/C24H33ClN2O4S/c25-20-8-6-18(7-9-20)24(29)19-10-13-26(14-11-19)16-23(28)27(21-4-2-1-3-5-21)22-12-15-32(30,31)17-22/h6-9,19,21-22H,1-5,10-17H2. The molecule has 2 aliphatic heterocycles. The van der Waals surface area contributed by atoms with Gasteiger partial charge in [0, 0.05) is 28.6 Å². The van der Waals surface area contributed by atoms with Crippen molar-refractivity contribution in [3.63, 3.8) is 0 Å². The number of rotatable bonds is 6. The number of carbonyl (C=O) groups excluding carboxylic acids is 2. The lowest BCUT2D eigenvalue weighted by molar-refractivity contribution is -0.138. The summed E-state index contributed by atoms with van der Waals surface area (Å²) < 4.78 is 24.2. The van der Waals surface area contributed by atoms with E-state index in [1.807, 2.05) is 4.90 Å². The molecule has 2 saturated heterocycles. The number of carbonyl (C=O) groups is 2. The van der Waals surface area contributed by atoms with E-state index >= 15 is 0 Å². The van der Waals surface area contributed by atoms with Crippen LogP contribution >= 0.6 is 11.6 Å². The Hall–Kier alpha value is -1.44. The summed E-state index contributed by atoms with van der Waals surface area (Å²) in [5.74, 6) is 0.463. The second kappa shape index (κ2) is 10.2. The fourth-order valence-corrected chi connectivity index (χ4v) is 7.37. The first-order chi connectivity index (χ1) is 15.3. The molecule has 1 saturated carbocycles. The number of hydrogen-bond acceptors (Lipinski definition) is 5. The lowest BCUT2D eigenvalue weighted by atomic mass is 9.89. The zero-order chi connectivity index (χ0) is 22.7. The topological polar surface area (TPSA) is 74.8 Å². The van der Waals surface area contributed by atoms with Gasteiger partial charge in [0.25, 0.3) is 0 Å². The average molecular weight is 481 g/mol. The van der Waals surface area contributed by atoms with Crippen LogP contribution in [0.3, 0.4) is 0 Å². The van der Waals surface area contributed by atoms with Crippen molar-refractivity contribution >= 4 is 33.1 Å². The molecule has 1 aliphatic carbocycles. The van der Waals surface area contributed by atoms with Crippen molar-refractivity contribution < 1.29 is 18.0 Å². The number of benzene rings is 1. The van der Waals surface area contributed by atoms with Gasteiger partial charge in [-0.05, 0) is 69.5 Å². The molecular weight excluding hydrogens is 448 g/mol. The Labute approximate surface area is 196 Å². The van der Waals surface area contributed by atoms with E-state index in [0.29, 0.717) is 36.6 Å². The highest BCUT2D eigenvalue weighted by Gasteiger charge is 2.39. The van der Waals surface area contributed by atoms with Gasteiger partial charge in [0.1, 0.15) is 0 Å². The molecule has 0 radical (unpaired) electrons. The van der Waals surface area contributed by atoms with Crippen LogP contribution in [0.25, 0.3) is 0 Å². The van der Waals surface area contributed by atoms with E-state index in [1.165, 1.54) is 6.42 Å². The maximum Gasteiger partial charge on any atom is 0.237 e. The van der Waals surface area contributed by atoms with Gasteiger partial charge >= 0.3 is 0 Å². The van der Waals surface area contributed by atoms with Gasteiger partial charge < -0.3 is 4.90 Å². The minimum Gasteiger partial charge on any atom is -0.335 e. The Kier molecular flexibility index (Phi) is 7.58. The highest BCUT2D eigenvalue weighted by molar-refractivity contribution is 7.91. The predicted molar refractivity (Wildman–Crippen MR) is 126 cm³/mol. The van der Waals surface area contributed by atoms with Crippen LogP contribution in [0.2, 0.25) is 5.02 Å². The van der Waals surface area contributed by atoms with E-state index in [2.05, 4.69) is 4.90 Å². The largest absolute Gasteiger partial charge is 0.335 e. The summed E-state index contributed by atoms with van der Waals surface area (Å²) in [5.41, 5.74) is 0.690. The second-order valence-electron chi connectivity index (χ2n) is 9.57. The maximum atomic E-state index is 13.4. The van der Waals surface area contributed by atoms with Crippen molar-refractivity contribution in [2.24, 2.45) is 5.92 Å². The van der Waals surface area contributed by atoms with Crippen LogP contribution < -0.4 is 0 Å². The van der Waals surface area contributed by atoms with Crippen molar-refractivity contribution in [3.8, 4) is 0 Å². The van der Waals surface area contributed by atoms with Gasteiger partial charge in [-0.25, -0.2) is 8.42 Å². The lowest BCUT2D eigenvalue weighted by Crippen LogP contribution is -2.52. The second-order valence-corrected chi connectivity index (χ2v) is 12.2. The summed E-state index contributed by atoms with van der Waals surface area (Å²) in [6.45, 7) is 1.73. The number of likely N-dealkylation sites (tertiary alicyclic amines) is 1. The minimum atomic E-state index is -3.04. The number of amides is 1. The van der Waals surface area contributed by atoms with Crippen LogP contribution in [0.5, 0.6) is 0 Å². The van der Waals surface area contributed by atoms with Gasteiger partial charge in [-0.3, -0.25) is 14.5 Å². The molecule has 3 aliphatic rings. The minimum absolute atomic E-state index is 0.0306.